The van der Waals surface area contributed by atoms with E-state index in [1.165, 1.54) is 50.5 Å². The number of hydrogen-bond donors (Lipinski definition) is 0. The maximum Gasteiger partial charge on any atom is 0.155 e. The zero-order chi connectivity index (χ0) is 15.2. The van der Waals surface area contributed by atoms with Crippen LogP contribution in [0.25, 0.3) is 0 Å². The summed E-state index contributed by atoms with van der Waals surface area (Å²) in [5, 5.41) is 0. The highest BCUT2D eigenvalue weighted by molar-refractivity contribution is 5.89. The zero-order valence-electron chi connectivity index (χ0n) is 13.5. The second-order valence-electron chi connectivity index (χ2n) is 5.76. The van der Waals surface area contributed by atoms with Crippen LogP contribution in [0.15, 0.2) is 42.5 Å². The molecule has 0 aliphatic rings. The fourth-order valence-corrected chi connectivity index (χ4v) is 2.43. The lowest BCUT2D eigenvalue weighted by Crippen LogP contribution is -1.95. The third-order valence-corrected chi connectivity index (χ3v) is 3.78. The van der Waals surface area contributed by atoms with Gasteiger partial charge >= 0.3 is 0 Å². The Morgan fingerprint density at radius 2 is 1.62 bits per heavy atom. The molecule has 0 aliphatic heterocycles. The van der Waals surface area contributed by atoms with E-state index in [9.17, 15) is 4.79 Å². The van der Waals surface area contributed by atoms with Gasteiger partial charge in [-0.3, -0.25) is 4.79 Å². The molecule has 0 aliphatic carbocycles. The molecule has 21 heavy (non-hydrogen) atoms. The van der Waals surface area contributed by atoms with Gasteiger partial charge in [0.25, 0.3) is 0 Å². The molecule has 0 amide bonds. The van der Waals surface area contributed by atoms with Crippen molar-refractivity contribution in [2.45, 2.75) is 71.1 Å². The van der Waals surface area contributed by atoms with Gasteiger partial charge in [0.05, 0.1) is 0 Å². The first-order valence-corrected chi connectivity index (χ1v) is 8.56. The van der Waals surface area contributed by atoms with Crippen LogP contribution >= 0.6 is 0 Å². The predicted molar refractivity (Wildman–Crippen MR) is 91.5 cm³/mol. The number of rotatable bonds is 12. The Bertz CT molecular complexity index is 392. The van der Waals surface area contributed by atoms with Crippen molar-refractivity contribution in [3.8, 4) is 0 Å². The van der Waals surface area contributed by atoms with Crippen molar-refractivity contribution in [3.63, 3.8) is 0 Å². The second kappa shape index (κ2) is 12.4. The highest BCUT2D eigenvalue weighted by Crippen LogP contribution is 2.09. The van der Waals surface area contributed by atoms with Crippen molar-refractivity contribution < 1.29 is 4.79 Å². The minimum Gasteiger partial charge on any atom is -0.295 e. The molecule has 0 radical (unpaired) electrons. The number of ketones is 1. The third-order valence-electron chi connectivity index (χ3n) is 3.78. The first-order chi connectivity index (χ1) is 10.3. The fraction of sp³-hybridized carbons (Fsp3) is 0.550. The fourth-order valence-electron chi connectivity index (χ4n) is 2.43. The average molecular weight is 286 g/mol. The van der Waals surface area contributed by atoms with Crippen LogP contribution in [0.5, 0.6) is 0 Å². The Morgan fingerprint density at radius 1 is 0.952 bits per heavy atom. The van der Waals surface area contributed by atoms with Crippen molar-refractivity contribution in [2.24, 2.45) is 0 Å². The van der Waals surface area contributed by atoms with Crippen LogP contribution in [0.4, 0.5) is 0 Å². The van der Waals surface area contributed by atoms with Crippen LogP contribution in [0, 0.1) is 0 Å². The van der Waals surface area contributed by atoms with Gasteiger partial charge in [0.15, 0.2) is 5.78 Å². The van der Waals surface area contributed by atoms with Gasteiger partial charge in [-0.15, -0.1) is 0 Å². The minimum absolute atomic E-state index is 0.252. The lowest BCUT2D eigenvalue weighted by Gasteiger charge is -1.99. The number of hydrogen-bond acceptors (Lipinski definition) is 1. The quantitative estimate of drug-likeness (QED) is 0.346. The van der Waals surface area contributed by atoms with Crippen molar-refractivity contribution in [3.05, 3.63) is 48.0 Å². The Labute approximate surface area is 130 Å². The summed E-state index contributed by atoms with van der Waals surface area (Å²) >= 11 is 0. The van der Waals surface area contributed by atoms with Crippen LogP contribution < -0.4 is 0 Å². The van der Waals surface area contributed by atoms with Crippen molar-refractivity contribution in [1.29, 1.82) is 0 Å². The Morgan fingerprint density at radius 3 is 2.33 bits per heavy atom. The van der Waals surface area contributed by atoms with Crippen LogP contribution in [-0.2, 0) is 11.2 Å². The van der Waals surface area contributed by atoms with E-state index in [1.807, 2.05) is 18.2 Å². The van der Waals surface area contributed by atoms with Gasteiger partial charge in [-0.05, 0) is 30.9 Å². The Hall–Kier alpha value is -1.37. The molecular weight excluding hydrogens is 256 g/mol. The molecule has 0 unspecified atom stereocenters. The molecule has 116 valence electrons. The van der Waals surface area contributed by atoms with Gasteiger partial charge in [-0.25, -0.2) is 0 Å². The van der Waals surface area contributed by atoms with Gasteiger partial charge < -0.3 is 0 Å². The number of carbonyl (C=O) groups is 1. The molecule has 0 bridgehead atoms. The number of allylic oxidation sites excluding steroid dienone is 2. The van der Waals surface area contributed by atoms with Crippen LogP contribution in [-0.4, -0.2) is 5.78 Å². The molecule has 1 aromatic rings. The summed E-state index contributed by atoms with van der Waals surface area (Å²) in [6, 6.07) is 10.2. The van der Waals surface area contributed by atoms with E-state index in [0.29, 0.717) is 6.42 Å². The monoisotopic (exact) mass is 286 g/mol. The first-order valence-electron chi connectivity index (χ1n) is 8.56. The number of benzene rings is 1. The largest absolute Gasteiger partial charge is 0.295 e. The van der Waals surface area contributed by atoms with E-state index in [2.05, 4.69) is 25.1 Å². The lowest BCUT2D eigenvalue weighted by molar-refractivity contribution is -0.114. The maximum atomic E-state index is 11.7. The normalized spacial score (nSPS) is 11.1. The highest BCUT2D eigenvalue weighted by Gasteiger charge is 1.98. The SMILES string of the molecule is CCCCCCCCCC=CC(=O)CCc1ccccc1. The Kier molecular flexibility index (Phi) is 10.4. The van der Waals surface area contributed by atoms with E-state index in [0.717, 1.165) is 12.8 Å². The summed E-state index contributed by atoms with van der Waals surface area (Å²) in [6.45, 7) is 2.25. The minimum atomic E-state index is 0.252. The van der Waals surface area contributed by atoms with Gasteiger partial charge in [0, 0.05) is 6.42 Å². The molecule has 0 aromatic heterocycles. The van der Waals surface area contributed by atoms with E-state index < -0.39 is 0 Å². The van der Waals surface area contributed by atoms with E-state index in [1.54, 1.807) is 6.08 Å². The Balaban J connectivity index is 1.99. The van der Waals surface area contributed by atoms with Crippen molar-refractivity contribution in [1.82, 2.24) is 0 Å². The maximum absolute atomic E-state index is 11.7. The molecule has 0 atom stereocenters. The summed E-state index contributed by atoms with van der Waals surface area (Å²) in [7, 11) is 0. The molecule has 0 heterocycles. The molecule has 0 spiro atoms. The van der Waals surface area contributed by atoms with Crippen LogP contribution in [0.2, 0.25) is 0 Å². The molecule has 0 saturated heterocycles. The molecule has 0 saturated carbocycles. The molecule has 1 nitrogen and oxygen atoms in total. The number of carbonyl (C=O) groups excluding carboxylic acids is 1. The van der Waals surface area contributed by atoms with E-state index in [4.69, 9.17) is 0 Å². The summed E-state index contributed by atoms with van der Waals surface area (Å²) in [6.07, 6.45) is 15.6. The smallest absolute Gasteiger partial charge is 0.155 e. The summed E-state index contributed by atoms with van der Waals surface area (Å²) < 4.78 is 0. The topological polar surface area (TPSA) is 17.1 Å². The van der Waals surface area contributed by atoms with Crippen molar-refractivity contribution in [2.75, 3.05) is 0 Å². The third kappa shape index (κ3) is 10.1. The zero-order valence-corrected chi connectivity index (χ0v) is 13.5. The van der Waals surface area contributed by atoms with Gasteiger partial charge in [0.2, 0.25) is 0 Å². The number of unbranched alkanes of at least 4 members (excludes halogenated alkanes) is 7. The van der Waals surface area contributed by atoms with Crippen molar-refractivity contribution >= 4 is 5.78 Å². The summed E-state index contributed by atoms with van der Waals surface area (Å²) in [5.74, 6) is 0.252. The molecule has 1 aromatic carbocycles. The van der Waals surface area contributed by atoms with Crippen LogP contribution in [0.3, 0.4) is 0 Å². The standard InChI is InChI=1S/C20H30O/c1-2-3-4-5-6-7-8-9-13-16-20(21)18-17-19-14-11-10-12-15-19/h10-16H,2-9,17-18H2,1H3. The molecule has 1 heteroatoms. The first kappa shape index (κ1) is 17.7. The molecule has 0 N–H and O–H groups in total. The lowest BCUT2D eigenvalue weighted by atomic mass is 10.1. The van der Waals surface area contributed by atoms with Gasteiger partial charge in [-0.2, -0.15) is 0 Å². The van der Waals surface area contributed by atoms with Crippen LogP contribution in [0.1, 0.15) is 70.3 Å². The van der Waals surface area contributed by atoms with Gasteiger partial charge in [0.1, 0.15) is 0 Å². The van der Waals surface area contributed by atoms with E-state index in [-0.39, 0.29) is 5.78 Å². The highest BCUT2D eigenvalue weighted by atomic mass is 16.1. The molecular formula is C20H30O. The predicted octanol–water partition coefficient (Wildman–Crippen LogP) is 5.89. The summed E-state index contributed by atoms with van der Waals surface area (Å²) in [4.78, 5) is 11.7. The van der Waals surface area contributed by atoms with Gasteiger partial charge in [-0.1, -0.05) is 81.9 Å². The van der Waals surface area contributed by atoms with E-state index >= 15 is 0 Å². The molecule has 1 rings (SSSR count). The summed E-state index contributed by atoms with van der Waals surface area (Å²) in [5.41, 5.74) is 1.24. The molecule has 0 fully saturated rings. The average Bonchev–Trinajstić information content (AvgIpc) is 2.52. The number of aryl methyl sites for hydroxylation is 1. The second-order valence-corrected chi connectivity index (χ2v) is 5.76.